The molecule has 0 spiro atoms. The number of hydrogen-bond donors (Lipinski definition) is 2. The number of piperazine rings is 1. The second-order valence-corrected chi connectivity index (χ2v) is 11.6. The number of methoxy groups -OCH3 is 1. The lowest BCUT2D eigenvalue weighted by molar-refractivity contribution is 0.102. The normalized spacial score (nSPS) is 18.7. The third-order valence-corrected chi connectivity index (χ3v) is 8.79. The molecule has 212 valence electrons. The fourth-order valence-corrected chi connectivity index (χ4v) is 6.51. The van der Waals surface area contributed by atoms with Crippen molar-refractivity contribution in [3.05, 3.63) is 66.4 Å². The van der Waals surface area contributed by atoms with Gasteiger partial charge in [0, 0.05) is 56.0 Å². The van der Waals surface area contributed by atoms with Crippen molar-refractivity contribution in [2.75, 3.05) is 62.0 Å². The van der Waals surface area contributed by atoms with Gasteiger partial charge in [-0.15, -0.1) is 10.2 Å². The van der Waals surface area contributed by atoms with E-state index < -0.39 is 0 Å². The predicted molar refractivity (Wildman–Crippen MR) is 163 cm³/mol. The number of nitrogens with zero attached hydrogens (tertiary/aromatic N) is 6. The first kappa shape index (κ1) is 27.3. The summed E-state index contributed by atoms with van der Waals surface area (Å²) in [5, 5.41) is 17.1. The molecule has 2 fully saturated rings. The fraction of sp³-hybridized carbons (Fsp3) is 0.367. The first-order valence-corrected chi connectivity index (χ1v) is 14.8. The number of benzene rings is 2. The van der Waals surface area contributed by atoms with Crippen molar-refractivity contribution >= 4 is 33.9 Å². The van der Waals surface area contributed by atoms with Gasteiger partial charge in [0.05, 0.1) is 12.3 Å². The van der Waals surface area contributed by atoms with E-state index in [1.807, 2.05) is 54.6 Å². The summed E-state index contributed by atoms with van der Waals surface area (Å²) in [7, 11) is 1.64. The average molecular weight is 571 g/mol. The molecular formula is C30H34N8O2S. The summed E-state index contributed by atoms with van der Waals surface area (Å²) in [5.74, 6) is 0.692. The zero-order chi connectivity index (χ0) is 28.2. The summed E-state index contributed by atoms with van der Waals surface area (Å²) in [5.41, 5.74) is 2.76. The van der Waals surface area contributed by atoms with E-state index in [1.165, 1.54) is 19.4 Å². The highest BCUT2D eigenvalue weighted by atomic mass is 32.1. The minimum Gasteiger partial charge on any atom is -0.383 e. The molecule has 4 heterocycles. The topological polar surface area (TPSA) is 108 Å². The van der Waals surface area contributed by atoms with Gasteiger partial charge in [-0.05, 0) is 38.4 Å². The van der Waals surface area contributed by atoms with E-state index in [0.717, 1.165) is 40.9 Å². The van der Waals surface area contributed by atoms with Crippen molar-refractivity contribution in [2.24, 2.45) is 0 Å². The van der Waals surface area contributed by atoms with Crippen molar-refractivity contribution in [1.82, 2.24) is 25.1 Å². The lowest BCUT2D eigenvalue weighted by Gasteiger charge is -2.44. The van der Waals surface area contributed by atoms with Gasteiger partial charge in [-0.2, -0.15) is 0 Å². The van der Waals surface area contributed by atoms with Gasteiger partial charge in [-0.3, -0.25) is 9.69 Å². The van der Waals surface area contributed by atoms with Crippen molar-refractivity contribution in [3.63, 3.8) is 0 Å². The molecule has 41 heavy (non-hydrogen) atoms. The maximum Gasteiger partial charge on any atom is 0.274 e. The second-order valence-electron chi connectivity index (χ2n) is 10.6. The largest absolute Gasteiger partial charge is 0.383 e. The van der Waals surface area contributed by atoms with E-state index in [0.29, 0.717) is 30.5 Å². The Balaban J connectivity index is 1.24. The van der Waals surface area contributed by atoms with Crippen LogP contribution in [0.15, 0.2) is 60.7 Å². The molecule has 2 saturated heterocycles. The number of rotatable bonds is 9. The third-order valence-electron chi connectivity index (χ3n) is 7.77. The standard InChI is InChI=1S/C30H34N8O2S/c1-30-13-8-15-38(30)17-16-37(20-30)29-36-35-28(41-29)22-11-6-7-12-23(22)33-27(39)24-19-25(31-14-18-40-2)34-26(32-24)21-9-4-3-5-10-21/h3-7,9-12,19H,8,13-18,20H2,1-2H3,(H,33,39)(H,31,32,34)/t30-/m0/s1. The molecular weight excluding hydrogens is 536 g/mol. The Morgan fingerprint density at radius 3 is 2.73 bits per heavy atom. The number of fused-ring (bicyclic) bond motifs is 1. The molecule has 11 heteroatoms. The third kappa shape index (κ3) is 5.92. The van der Waals surface area contributed by atoms with Crippen LogP contribution in [0.2, 0.25) is 0 Å². The smallest absolute Gasteiger partial charge is 0.274 e. The minimum absolute atomic E-state index is 0.198. The zero-order valence-corrected chi connectivity index (χ0v) is 24.2. The summed E-state index contributed by atoms with van der Waals surface area (Å²) < 4.78 is 5.15. The van der Waals surface area contributed by atoms with Crippen LogP contribution in [0, 0.1) is 0 Å². The molecule has 1 atom stereocenters. The van der Waals surface area contributed by atoms with E-state index in [1.54, 1.807) is 24.5 Å². The Labute approximate surface area is 243 Å². The number of para-hydroxylation sites is 1. The average Bonchev–Trinajstić information content (AvgIpc) is 3.64. The molecule has 0 saturated carbocycles. The van der Waals surface area contributed by atoms with Crippen molar-refractivity contribution in [3.8, 4) is 22.0 Å². The van der Waals surface area contributed by atoms with E-state index in [2.05, 4.69) is 47.5 Å². The van der Waals surface area contributed by atoms with Crippen LogP contribution in [0.4, 0.5) is 16.6 Å². The summed E-state index contributed by atoms with van der Waals surface area (Å²) >= 11 is 1.56. The van der Waals surface area contributed by atoms with Gasteiger partial charge in [0.2, 0.25) is 5.13 Å². The quantitative estimate of drug-likeness (QED) is 0.278. The second kappa shape index (κ2) is 11.9. The van der Waals surface area contributed by atoms with Crippen molar-refractivity contribution in [1.29, 1.82) is 0 Å². The van der Waals surface area contributed by atoms with E-state index >= 15 is 0 Å². The van der Waals surface area contributed by atoms with E-state index in [4.69, 9.17) is 4.74 Å². The highest BCUT2D eigenvalue weighted by Crippen LogP contribution is 2.38. The SMILES string of the molecule is COCCNc1cc(C(=O)Nc2ccccc2-c2nnc(N3CCN4CCC[C@@]4(C)C3)s2)nc(-c2ccccc2)n1. The number of ether oxygens (including phenoxy) is 1. The van der Waals surface area contributed by atoms with Gasteiger partial charge in [0.15, 0.2) is 10.8 Å². The number of nitrogens with one attached hydrogen (secondary N) is 2. The van der Waals surface area contributed by atoms with Crippen LogP contribution in [-0.4, -0.2) is 83.0 Å². The molecule has 2 aromatic heterocycles. The first-order chi connectivity index (χ1) is 20.0. The number of carbonyl (C=O) groups excluding carboxylic acids is 1. The van der Waals surface area contributed by atoms with Crippen LogP contribution in [0.3, 0.4) is 0 Å². The number of carbonyl (C=O) groups is 1. The molecule has 1 amide bonds. The van der Waals surface area contributed by atoms with Gasteiger partial charge >= 0.3 is 0 Å². The predicted octanol–water partition coefficient (Wildman–Crippen LogP) is 4.65. The number of aromatic nitrogens is 4. The molecule has 2 aromatic carbocycles. The van der Waals surface area contributed by atoms with Gasteiger partial charge in [-0.1, -0.05) is 53.8 Å². The molecule has 6 rings (SSSR count). The zero-order valence-electron chi connectivity index (χ0n) is 23.3. The molecule has 2 N–H and O–H groups in total. The van der Waals surface area contributed by atoms with Gasteiger partial charge < -0.3 is 20.3 Å². The monoisotopic (exact) mass is 570 g/mol. The van der Waals surface area contributed by atoms with Crippen LogP contribution >= 0.6 is 11.3 Å². The molecule has 2 aliphatic rings. The number of anilines is 3. The number of amides is 1. The Morgan fingerprint density at radius 2 is 1.88 bits per heavy atom. The number of hydrogen-bond acceptors (Lipinski definition) is 10. The highest BCUT2D eigenvalue weighted by Gasteiger charge is 2.41. The first-order valence-electron chi connectivity index (χ1n) is 13.9. The molecule has 0 unspecified atom stereocenters. The van der Waals surface area contributed by atoms with Crippen LogP contribution in [0.25, 0.3) is 22.0 Å². The summed E-state index contributed by atoms with van der Waals surface area (Å²) in [6, 6.07) is 19.0. The van der Waals surface area contributed by atoms with Gasteiger partial charge in [0.1, 0.15) is 11.5 Å². The van der Waals surface area contributed by atoms with Gasteiger partial charge in [0.25, 0.3) is 5.91 Å². The summed E-state index contributed by atoms with van der Waals surface area (Å²) in [6.45, 7) is 7.55. The summed E-state index contributed by atoms with van der Waals surface area (Å²) in [6.07, 6.45) is 2.46. The van der Waals surface area contributed by atoms with Crippen molar-refractivity contribution < 1.29 is 9.53 Å². The Morgan fingerprint density at radius 1 is 1.05 bits per heavy atom. The maximum absolute atomic E-state index is 13.6. The van der Waals surface area contributed by atoms with Crippen LogP contribution in [0.5, 0.6) is 0 Å². The minimum atomic E-state index is -0.332. The maximum atomic E-state index is 13.6. The Hall–Kier alpha value is -3.93. The molecule has 10 nitrogen and oxygen atoms in total. The molecule has 4 aromatic rings. The lowest BCUT2D eigenvalue weighted by Crippen LogP contribution is -2.57. The Bertz CT molecular complexity index is 1510. The van der Waals surface area contributed by atoms with Crippen LogP contribution < -0.4 is 15.5 Å². The lowest BCUT2D eigenvalue weighted by atomic mass is 9.96. The van der Waals surface area contributed by atoms with Gasteiger partial charge in [-0.25, -0.2) is 9.97 Å². The molecule has 0 radical (unpaired) electrons. The molecule has 2 aliphatic heterocycles. The molecule has 0 aliphatic carbocycles. The Kier molecular flexibility index (Phi) is 7.91. The van der Waals surface area contributed by atoms with Crippen LogP contribution in [0.1, 0.15) is 30.3 Å². The van der Waals surface area contributed by atoms with E-state index in [-0.39, 0.29) is 17.1 Å². The highest BCUT2D eigenvalue weighted by molar-refractivity contribution is 7.18. The van der Waals surface area contributed by atoms with Crippen LogP contribution in [-0.2, 0) is 4.74 Å². The molecule has 0 bridgehead atoms. The van der Waals surface area contributed by atoms with E-state index in [9.17, 15) is 4.79 Å². The summed E-state index contributed by atoms with van der Waals surface area (Å²) in [4.78, 5) is 27.7. The fourth-order valence-electron chi connectivity index (χ4n) is 5.60. The van der Waals surface area contributed by atoms with Crippen molar-refractivity contribution in [2.45, 2.75) is 25.3 Å².